The van der Waals surface area contributed by atoms with Crippen molar-refractivity contribution in [1.29, 1.82) is 0 Å². The van der Waals surface area contributed by atoms with Gasteiger partial charge < -0.3 is 10.1 Å². The first-order chi connectivity index (χ1) is 15.8. The molecule has 7 nitrogen and oxygen atoms in total. The number of anilines is 1. The van der Waals surface area contributed by atoms with Crippen LogP contribution in [0.2, 0.25) is 0 Å². The number of hydrogen-bond donors (Lipinski definition) is 1. The number of pyridine rings is 1. The van der Waals surface area contributed by atoms with Crippen LogP contribution in [0.4, 0.5) is 5.69 Å². The number of esters is 1. The third-order valence-corrected chi connectivity index (χ3v) is 5.97. The fraction of sp³-hybridized carbons (Fsp3) is 0.160. The lowest BCUT2D eigenvalue weighted by atomic mass is 9.84. The number of fused-ring (bicyclic) bond motifs is 1. The van der Waals surface area contributed by atoms with Gasteiger partial charge in [0.05, 0.1) is 5.56 Å². The lowest BCUT2D eigenvalue weighted by Crippen LogP contribution is -2.38. The molecule has 1 amide bonds. The van der Waals surface area contributed by atoms with Crippen LogP contribution < -0.4 is 5.32 Å². The SMILES string of the molecule is Cc1cc(Br)cc(C)c1NC(=O)C(=O)[C@H](C(=O)c1ccncc1)[C@H]1OC(=O)c2ccccc21. The highest BCUT2D eigenvalue weighted by Crippen LogP contribution is 2.38. The van der Waals surface area contributed by atoms with Gasteiger partial charge in [-0.2, -0.15) is 0 Å². The zero-order valence-corrected chi connectivity index (χ0v) is 19.4. The fourth-order valence-electron chi connectivity index (χ4n) is 3.93. The molecule has 2 atom stereocenters. The van der Waals surface area contributed by atoms with Crippen molar-refractivity contribution in [2.45, 2.75) is 20.0 Å². The van der Waals surface area contributed by atoms with Gasteiger partial charge in [0.25, 0.3) is 5.91 Å². The molecule has 1 aliphatic rings. The monoisotopic (exact) mass is 506 g/mol. The van der Waals surface area contributed by atoms with Gasteiger partial charge in [0, 0.05) is 33.7 Å². The lowest BCUT2D eigenvalue weighted by molar-refractivity contribution is -0.138. The number of ether oxygens (including phenoxy) is 1. The second kappa shape index (κ2) is 9.07. The number of carbonyl (C=O) groups is 4. The predicted octanol–water partition coefficient (Wildman–Crippen LogP) is 4.38. The molecule has 0 radical (unpaired) electrons. The Morgan fingerprint density at radius 3 is 2.33 bits per heavy atom. The summed E-state index contributed by atoms with van der Waals surface area (Å²) in [4.78, 5) is 56.1. The number of aryl methyl sites for hydroxylation is 2. The summed E-state index contributed by atoms with van der Waals surface area (Å²) in [5, 5.41) is 2.64. The Hall–Kier alpha value is -3.65. The Labute approximate surface area is 198 Å². The molecule has 166 valence electrons. The minimum Gasteiger partial charge on any atom is -0.453 e. The van der Waals surface area contributed by atoms with Crippen molar-refractivity contribution in [1.82, 2.24) is 4.98 Å². The van der Waals surface area contributed by atoms with Crippen molar-refractivity contribution in [2.75, 3.05) is 5.32 Å². The summed E-state index contributed by atoms with van der Waals surface area (Å²) < 4.78 is 6.27. The third kappa shape index (κ3) is 4.34. The topological polar surface area (TPSA) is 102 Å². The van der Waals surface area contributed by atoms with Gasteiger partial charge in [-0.05, 0) is 55.3 Å². The summed E-state index contributed by atoms with van der Waals surface area (Å²) in [5.74, 6) is -4.77. The van der Waals surface area contributed by atoms with Gasteiger partial charge in [-0.25, -0.2) is 4.79 Å². The highest BCUT2D eigenvalue weighted by atomic mass is 79.9. The molecule has 1 aliphatic heterocycles. The number of Topliss-reactive ketones (excluding diaryl/α,β-unsaturated/α-hetero) is 2. The largest absolute Gasteiger partial charge is 0.453 e. The van der Waals surface area contributed by atoms with E-state index in [1.807, 2.05) is 12.1 Å². The molecule has 0 spiro atoms. The van der Waals surface area contributed by atoms with Crippen LogP contribution in [0.1, 0.15) is 43.5 Å². The zero-order chi connectivity index (χ0) is 23.7. The molecule has 3 aromatic rings. The van der Waals surface area contributed by atoms with Gasteiger partial charge in [0.2, 0.25) is 5.78 Å². The van der Waals surface area contributed by atoms with Crippen LogP contribution in [0.5, 0.6) is 0 Å². The molecule has 0 bridgehead atoms. The van der Waals surface area contributed by atoms with E-state index in [4.69, 9.17) is 4.74 Å². The number of cyclic esters (lactones) is 1. The number of halogens is 1. The molecule has 1 N–H and O–H groups in total. The molecule has 0 saturated heterocycles. The van der Waals surface area contributed by atoms with E-state index in [-0.39, 0.29) is 11.1 Å². The number of amides is 1. The number of ketones is 2. The summed E-state index contributed by atoms with van der Waals surface area (Å²) in [6, 6.07) is 13.0. The summed E-state index contributed by atoms with van der Waals surface area (Å²) in [6.07, 6.45) is 1.62. The lowest BCUT2D eigenvalue weighted by Gasteiger charge is -2.21. The molecule has 2 heterocycles. The standard InChI is InChI=1S/C25H19BrN2O5/c1-13-11-16(26)12-14(2)20(13)28-24(31)22(30)19(21(29)15-7-9-27-10-8-15)23-17-5-3-4-6-18(17)25(32)33-23/h3-12,19,23H,1-2H3,(H,28,31)/t19-,23-/m0/s1. The van der Waals surface area contributed by atoms with Crippen LogP contribution in [-0.2, 0) is 14.3 Å². The van der Waals surface area contributed by atoms with Crippen molar-refractivity contribution < 1.29 is 23.9 Å². The highest BCUT2D eigenvalue weighted by Gasteiger charge is 2.46. The first kappa shape index (κ1) is 22.5. The van der Waals surface area contributed by atoms with Gasteiger partial charge in [-0.15, -0.1) is 0 Å². The number of benzene rings is 2. The van der Waals surface area contributed by atoms with Gasteiger partial charge in [-0.1, -0.05) is 34.1 Å². The van der Waals surface area contributed by atoms with E-state index in [0.717, 1.165) is 15.6 Å². The molecule has 2 aromatic carbocycles. The maximum atomic E-state index is 13.4. The Morgan fingerprint density at radius 2 is 1.67 bits per heavy atom. The van der Waals surface area contributed by atoms with Crippen molar-refractivity contribution in [3.8, 4) is 0 Å². The van der Waals surface area contributed by atoms with Gasteiger partial charge in [0.1, 0.15) is 12.0 Å². The fourth-order valence-corrected chi connectivity index (χ4v) is 4.62. The predicted molar refractivity (Wildman–Crippen MR) is 124 cm³/mol. The van der Waals surface area contributed by atoms with Crippen LogP contribution in [0.15, 0.2) is 65.4 Å². The van der Waals surface area contributed by atoms with E-state index in [1.165, 1.54) is 24.5 Å². The van der Waals surface area contributed by atoms with Crippen molar-refractivity contribution >= 4 is 45.1 Å². The third-order valence-electron chi connectivity index (χ3n) is 5.51. The first-order valence-corrected chi connectivity index (χ1v) is 10.9. The molecule has 0 saturated carbocycles. The molecule has 0 unspecified atom stereocenters. The van der Waals surface area contributed by atoms with E-state index in [9.17, 15) is 19.2 Å². The molecular weight excluding hydrogens is 488 g/mol. The highest BCUT2D eigenvalue weighted by molar-refractivity contribution is 9.10. The maximum Gasteiger partial charge on any atom is 0.339 e. The molecule has 8 heteroatoms. The summed E-state index contributed by atoms with van der Waals surface area (Å²) in [5.41, 5.74) is 2.83. The van der Waals surface area contributed by atoms with Crippen LogP contribution in [-0.4, -0.2) is 28.4 Å². The van der Waals surface area contributed by atoms with Crippen LogP contribution in [0.3, 0.4) is 0 Å². The summed E-state index contributed by atoms with van der Waals surface area (Å²) in [6.45, 7) is 3.60. The van der Waals surface area contributed by atoms with E-state index < -0.39 is 35.5 Å². The van der Waals surface area contributed by atoms with Crippen molar-refractivity contribution in [2.24, 2.45) is 5.92 Å². The van der Waals surface area contributed by atoms with E-state index in [0.29, 0.717) is 11.3 Å². The van der Waals surface area contributed by atoms with Gasteiger partial charge in [0.15, 0.2) is 5.78 Å². The van der Waals surface area contributed by atoms with Gasteiger partial charge >= 0.3 is 5.97 Å². The second-order valence-electron chi connectivity index (χ2n) is 7.72. The number of nitrogens with one attached hydrogen (secondary N) is 1. The quantitative estimate of drug-likeness (QED) is 0.230. The molecular formula is C25H19BrN2O5. The minimum atomic E-state index is -1.55. The molecule has 4 rings (SSSR count). The molecule has 0 fully saturated rings. The number of carbonyl (C=O) groups excluding carboxylic acids is 4. The Bertz CT molecular complexity index is 1270. The average Bonchev–Trinajstić information content (AvgIpc) is 3.13. The van der Waals surface area contributed by atoms with E-state index in [2.05, 4.69) is 26.2 Å². The second-order valence-corrected chi connectivity index (χ2v) is 8.64. The van der Waals surface area contributed by atoms with Crippen LogP contribution in [0, 0.1) is 19.8 Å². The summed E-state index contributed by atoms with van der Waals surface area (Å²) >= 11 is 3.40. The van der Waals surface area contributed by atoms with E-state index in [1.54, 1.807) is 38.1 Å². The van der Waals surface area contributed by atoms with E-state index >= 15 is 0 Å². The minimum absolute atomic E-state index is 0.188. The molecule has 0 aliphatic carbocycles. The number of aromatic nitrogens is 1. The maximum absolute atomic E-state index is 13.4. The normalized spacial score (nSPS) is 15.4. The number of hydrogen-bond acceptors (Lipinski definition) is 6. The van der Waals surface area contributed by atoms with Crippen LogP contribution in [0.25, 0.3) is 0 Å². The molecule has 1 aromatic heterocycles. The Morgan fingerprint density at radius 1 is 1.03 bits per heavy atom. The smallest absolute Gasteiger partial charge is 0.339 e. The Balaban J connectivity index is 1.72. The van der Waals surface area contributed by atoms with Crippen LogP contribution >= 0.6 is 15.9 Å². The van der Waals surface area contributed by atoms with Crippen molar-refractivity contribution in [3.05, 3.63) is 93.2 Å². The number of rotatable bonds is 6. The average molecular weight is 507 g/mol. The van der Waals surface area contributed by atoms with Crippen molar-refractivity contribution in [3.63, 3.8) is 0 Å². The Kier molecular flexibility index (Phi) is 6.20. The first-order valence-electron chi connectivity index (χ1n) is 10.1. The van der Waals surface area contributed by atoms with Gasteiger partial charge in [-0.3, -0.25) is 19.4 Å². The zero-order valence-electron chi connectivity index (χ0n) is 17.8. The molecule has 33 heavy (non-hydrogen) atoms. The summed E-state index contributed by atoms with van der Waals surface area (Å²) in [7, 11) is 0. The number of nitrogens with zero attached hydrogens (tertiary/aromatic N) is 1.